The predicted octanol–water partition coefficient (Wildman–Crippen LogP) is 0.437. The van der Waals surface area contributed by atoms with Crippen molar-refractivity contribution in [3.63, 3.8) is 0 Å². The Morgan fingerprint density at radius 2 is 2.25 bits per heavy atom. The van der Waals surface area contributed by atoms with Crippen LogP contribution in [-0.4, -0.2) is 41.0 Å². The fraction of sp³-hybridized carbons (Fsp3) is 0.818. The highest BCUT2D eigenvalue weighted by molar-refractivity contribution is 5.81. The fourth-order valence-electron chi connectivity index (χ4n) is 2.09. The first-order valence-corrected chi connectivity index (χ1v) is 5.80. The molecule has 1 fully saturated rings. The first-order valence-electron chi connectivity index (χ1n) is 5.80. The fourth-order valence-corrected chi connectivity index (χ4v) is 2.09. The summed E-state index contributed by atoms with van der Waals surface area (Å²) in [5.41, 5.74) is 5.69. The van der Waals surface area contributed by atoms with Crippen molar-refractivity contribution in [1.82, 2.24) is 4.90 Å². The average Bonchev–Trinajstić information content (AvgIpc) is 2.26. The van der Waals surface area contributed by atoms with Gasteiger partial charge in [-0.3, -0.25) is 9.59 Å². The van der Waals surface area contributed by atoms with E-state index in [1.54, 1.807) is 4.90 Å². The van der Waals surface area contributed by atoms with Gasteiger partial charge in [-0.2, -0.15) is 0 Å². The van der Waals surface area contributed by atoms with Gasteiger partial charge in [0.2, 0.25) is 5.91 Å². The van der Waals surface area contributed by atoms with E-state index in [2.05, 4.69) is 0 Å². The van der Waals surface area contributed by atoms with Gasteiger partial charge in [-0.15, -0.1) is 0 Å². The largest absolute Gasteiger partial charge is 0.481 e. The molecule has 0 aromatic carbocycles. The minimum absolute atomic E-state index is 0.0439. The van der Waals surface area contributed by atoms with Crippen molar-refractivity contribution >= 4 is 11.9 Å². The molecular formula is C11H20N2O3. The third-order valence-electron chi connectivity index (χ3n) is 3.05. The summed E-state index contributed by atoms with van der Waals surface area (Å²) in [7, 11) is 0. The molecule has 0 radical (unpaired) electrons. The van der Waals surface area contributed by atoms with Crippen LogP contribution in [0.2, 0.25) is 0 Å². The van der Waals surface area contributed by atoms with E-state index in [4.69, 9.17) is 10.8 Å². The minimum atomic E-state index is -0.793. The third kappa shape index (κ3) is 3.48. The third-order valence-corrected chi connectivity index (χ3v) is 3.05. The molecule has 16 heavy (non-hydrogen) atoms. The summed E-state index contributed by atoms with van der Waals surface area (Å²) >= 11 is 0. The Morgan fingerprint density at radius 3 is 2.81 bits per heavy atom. The summed E-state index contributed by atoms with van der Waals surface area (Å²) in [6.07, 6.45) is 2.53. The Balaban J connectivity index is 2.49. The number of nitrogens with zero attached hydrogens (tertiary/aromatic N) is 1. The molecule has 1 aliphatic rings. The van der Waals surface area contributed by atoms with Crippen molar-refractivity contribution in [3.8, 4) is 0 Å². The molecule has 1 amide bonds. The van der Waals surface area contributed by atoms with E-state index in [0.29, 0.717) is 19.5 Å². The zero-order valence-corrected chi connectivity index (χ0v) is 9.69. The maximum Gasteiger partial charge on any atom is 0.303 e. The number of carbonyl (C=O) groups is 2. The van der Waals surface area contributed by atoms with Gasteiger partial charge in [-0.1, -0.05) is 6.92 Å². The van der Waals surface area contributed by atoms with E-state index in [1.807, 2.05) is 6.92 Å². The maximum absolute atomic E-state index is 11.8. The number of piperidine rings is 1. The van der Waals surface area contributed by atoms with Gasteiger partial charge in [-0.05, 0) is 25.2 Å². The summed E-state index contributed by atoms with van der Waals surface area (Å²) in [6, 6.07) is -0.441. The van der Waals surface area contributed by atoms with E-state index in [0.717, 1.165) is 12.8 Å². The van der Waals surface area contributed by atoms with Crippen LogP contribution < -0.4 is 5.73 Å². The Labute approximate surface area is 95.6 Å². The van der Waals surface area contributed by atoms with Crippen LogP contribution in [0.3, 0.4) is 0 Å². The second-order valence-corrected chi connectivity index (χ2v) is 4.41. The lowest BCUT2D eigenvalue weighted by Gasteiger charge is -2.33. The van der Waals surface area contributed by atoms with Gasteiger partial charge in [0, 0.05) is 19.5 Å². The molecule has 1 saturated heterocycles. The highest BCUT2D eigenvalue weighted by atomic mass is 16.4. The number of hydrogen-bond acceptors (Lipinski definition) is 3. The second kappa shape index (κ2) is 5.84. The molecule has 1 aliphatic heterocycles. The Hall–Kier alpha value is -1.10. The van der Waals surface area contributed by atoms with Crippen LogP contribution >= 0.6 is 0 Å². The molecule has 0 aromatic rings. The van der Waals surface area contributed by atoms with Crippen LogP contribution in [0.25, 0.3) is 0 Å². The topological polar surface area (TPSA) is 83.6 Å². The van der Waals surface area contributed by atoms with Crippen molar-refractivity contribution in [2.24, 2.45) is 11.7 Å². The number of carboxylic acid groups (broad SMARTS) is 1. The van der Waals surface area contributed by atoms with Gasteiger partial charge >= 0.3 is 5.97 Å². The van der Waals surface area contributed by atoms with Crippen molar-refractivity contribution in [3.05, 3.63) is 0 Å². The van der Waals surface area contributed by atoms with Crippen LogP contribution in [0.15, 0.2) is 0 Å². The molecule has 0 aromatic heterocycles. The molecule has 0 spiro atoms. The molecule has 0 bridgehead atoms. The molecule has 0 saturated carbocycles. The standard InChI is InChI=1S/C11H20N2O3/c1-2-9(12)11(16)13-5-3-4-8(7-13)6-10(14)15/h8-9H,2-7,12H2,1H3,(H,14,15)/t8?,9-/m1/s1. The van der Waals surface area contributed by atoms with Gasteiger partial charge < -0.3 is 15.7 Å². The van der Waals surface area contributed by atoms with Crippen molar-refractivity contribution in [1.29, 1.82) is 0 Å². The zero-order valence-electron chi connectivity index (χ0n) is 9.69. The van der Waals surface area contributed by atoms with Gasteiger partial charge in [0.1, 0.15) is 0 Å². The number of carboxylic acids is 1. The SMILES string of the molecule is CC[C@@H](N)C(=O)N1CCCC(CC(=O)O)C1. The Bertz CT molecular complexity index is 268. The minimum Gasteiger partial charge on any atom is -0.481 e. The molecule has 1 rings (SSSR count). The van der Waals surface area contributed by atoms with E-state index < -0.39 is 12.0 Å². The molecule has 3 N–H and O–H groups in total. The summed E-state index contributed by atoms with van der Waals surface area (Å²) < 4.78 is 0. The van der Waals surface area contributed by atoms with Gasteiger partial charge in [0.15, 0.2) is 0 Å². The number of amides is 1. The van der Waals surface area contributed by atoms with Crippen LogP contribution in [0.1, 0.15) is 32.6 Å². The molecule has 2 atom stereocenters. The van der Waals surface area contributed by atoms with Gasteiger partial charge in [0.05, 0.1) is 6.04 Å². The zero-order chi connectivity index (χ0) is 12.1. The Kier molecular flexibility index (Phi) is 4.73. The van der Waals surface area contributed by atoms with Crippen molar-refractivity contribution < 1.29 is 14.7 Å². The molecular weight excluding hydrogens is 208 g/mol. The first-order chi connectivity index (χ1) is 7.54. The van der Waals surface area contributed by atoms with Crippen LogP contribution in [0, 0.1) is 5.92 Å². The normalized spacial score (nSPS) is 22.9. The number of hydrogen-bond donors (Lipinski definition) is 2. The number of rotatable bonds is 4. The van der Waals surface area contributed by atoms with Gasteiger partial charge in [0.25, 0.3) is 0 Å². The lowest BCUT2D eigenvalue weighted by molar-refractivity contribution is -0.141. The predicted molar refractivity (Wildman–Crippen MR) is 59.8 cm³/mol. The highest BCUT2D eigenvalue weighted by Gasteiger charge is 2.27. The average molecular weight is 228 g/mol. The van der Waals surface area contributed by atoms with Gasteiger partial charge in [-0.25, -0.2) is 0 Å². The van der Waals surface area contributed by atoms with Crippen LogP contribution in [0.5, 0.6) is 0 Å². The second-order valence-electron chi connectivity index (χ2n) is 4.41. The van der Waals surface area contributed by atoms with E-state index in [9.17, 15) is 9.59 Å². The van der Waals surface area contributed by atoms with Crippen molar-refractivity contribution in [2.45, 2.75) is 38.6 Å². The summed E-state index contributed by atoms with van der Waals surface area (Å²) in [5.74, 6) is -0.754. The summed E-state index contributed by atoms with van der Waals surface area (Å²) in [4.78, 5) is 24.1. The van der Waals surface area contributed by atoms with E-state index in [1.165, 1.54) is 0 Å². The first kappa shape index (κ1) is 13.0. The quantitative estimate of drug-likeness (QED) is 0.731. The summed E-state index contributed by atoms with van der Waals surface area (Å²) in [6.45, 7) is 3.13. The van der Waals surface area contributed by atoms with E-state index in [-0.39, 0.29) is 18.2 Å². The molecule has 5 heteroatoms. The molecule has 1 heterocycles. The number of aliphatic carboxylic acids is 1. The number of likely N-dealkylation sites (tertiary alicyclic amines) is 1. The number of nitrogens with two attached hydrogens (primary N) is 1. The molecule has 1 unspecified atom stereocenters. The van der Waals surface area contributed by atoms with Crippen LogP contribution in [-0.2, 0) is 9.59 Å². The maximum atomic E-state index is 11.8. The van der Waals surface area contributed by atoms with E-state index >= 15 is 0 Å². The number of carbonyl (C=O) groups excluding carboxylic acids is 1. The molecule has 0 aliphatic carbocycles. The monoisotopic (exact) mass is 228 g/mol. The Morgan fingerprint density at radius 1 is 1.56 bits per heavy atom. The van der Waals surface area contributed by atoms with Crippen molar-refractivity contribution in [2.75, 3.05) is 13.1 Å². The highest BCUT2D eigenvalue weighted by Crippen LogP contribution is 2.20. The molecule has 92 valence electrons. The smallest absolute Gasteiger partial charge is 0.303 e. The summed E-state index contributed by atoms with van der Waals surface area (Å²) in [5, 5.41) is 8.72. The van der Waals surface area contributed by atoms with Crippen LogP contribution in [0.4, 0.5) is 0 Å². The lowest BCUT2D eigenvalue weighted by Crippen LogP contribution is -2.48. The molecule has 5 nitrogen and oxygen atoms in total. The lowest BCUT2D eigenvalue weighted by atomic mass is 9.94.